The number of rotatable bonds is 4. The van der Waals surface area contributed by atoms with E-state index in [0.29, 0.717) is 10.4 Å². The van der Waals surface area contributed by atoms with Crippen LogP contribution >= 0.6 is 22.7 Å². The first-order valence-corrected chi connectivity index (χ1v) is 8.27. The van der Waals surface area contributed by atoms with Gasteiger partial charge in [-0.3, -0.25) is 14.9 Å². The van der Waals surface area contributed by atoms with Crippen molar-refractivity contribution in [3.8, 4) is 0 Å². The number of aromatic nitrogens is 1. The van der Waals surface area contributed by atoms with Crippen LogP contribution in [-0.2, 0) is 9.53 Å². The molecular weight excluding hydrogens is 336 g/mol. The van der Waals surface area contributed by atoms with Gasteiger partial charge in [-0.2, -0.15) is 0 Å². The number of imide groups is 1. The largest absolute Gasteiger partial charge is 0.452 e. The molecule has 0 saturated heterocycles. The van der Waals surface area contributed by atoms with E-state index in [4.69, 9.17) is 4.74 Å². The number of hydrogen-bond donors (Lipinski definition) is 1. The molecule has 0 atom stereocenters. The molecule has 0 unspecified atom stereocenters. The Morgan fingerprint density at radius 2 is 2.04 bits per heavy atom. The molecule has 3 aromatic rings. The van der Waals surface area contributed by atoms with Gasteiger partial charge in [0.15, 0.2) is 6.61 Å². The lowest BCUT2D eigenvalue weighted by atomic mass is 10.2. The highest BCUT2D eigenvalue weighted by atomic mass is 32.1. The minimum atomic E-state index is -0.671. The Morgan fingerprint density at radius 1 is 1.17 bits per heavy atom. The fourth-order valence-electron chi connectivity index (χ4n) is 1.83. The van der Waals surface area contributed by atoms with Gasteiger partial charge in [-0.05, 0) is 29.6 Å². The molecule has 2 aromatic heterocycles. The van der Waals surface area contributed by atoms with Crippen LogP contribution in [0, 0.1) is 0 Å². The van der Waals surface area contributed by atoms with Gasteiger partial charge < -0.3 is 4.74 Å². The van der Waals surface area contributed by atoms with Gasteiger partial charge in [0.25, 0.3) is 11.8 Å². The van der Waals surface area contributed by atoms with Crippen LogP contribution in [0.15, 0.2) is 41.2 Å². The Hall–Kier alpha value is -2.58. The summed E-state index contributed by atoms with van der Waals surface area (Å²) >= 11 is 2.63. The van der Waals surface area contributed by atoms with Crippen molar-refractivity contribution in [3.63, 3.8) is 0 Å². The molecule has 0 aliphatic carbocycles. The van der Waals surface area contributed by atoms with Gasteiger partial charge in [-0.15, -0.1) is 22.7 Å². The van der Waals surface area contributed by atoms with Crippen LogP contribution in [0.2, 0.25) is 0 Å². The highest BCUT2D eigenvalue weighted by Crippen LogP contribution is 2.19. The highest BCUT2D eigenvalue weighted by Gasteiger charge is 2.14. The van der Waals surface area contributed by atoms with E-state index in [0.717, 1.165) is 10.2 Å². The third kappa shape index (κ3) is 3.61. The monoisotopic (exact) mass is 346 g/mol. The molecule has 2 amide bonds. The van der Waals surface area contributed by atoms with Gasteiger partial charge in [0.05, 0.1) is 26.2 Å². The molecule has 8 heteroatoms. The summed E-state index contributed by atoms with van der Waals surface area (Å²) in [6.07, 6.45) is 0. The summed E-state index contributed by atoms with van der Waals surface area (Å²) in [6, 6.07) is 8.26. The lowest BCUT2D eigenvalue weighted by Crippen LogP contribution is -2.33. The number of amides is 2. The number of esters is 1. The second-order valence-corrected chi connectivity index (χ2v) is 6.30. The zero-order valence-corrected chi connectivity index (χ0v) is 13.3. The van der Waals surface area contributed by atoms with Crippen molar-refractivity contribution in [2.24, 2.45) is 0 Å². The minimum Gasteiger partial charge on any atom is -0.452 e. The van der Waals surface area contributed by atoms with Crippen LogP contribution in [-0.4, -0.2) is 29.4 Å². The van der Waals surface area contributed by atoms with Crippen LogP contribution in [0.5, 0.6) is 0 Å². The Kier molecular flexibility index (Phi) is 4.45. The highest BCUT2D eigenvalue weighted by molar-refractivity contribution is 7.16. The molecule has 0 fully saturated rings. The normalized spacial score (nSPS) is 10.4. The van der Waals surface area contributed by atoms with Crippen LogP contribution in [0.4, 0.5) is 0 Å². The van der Waals surface area contributed by atoms with Gasteiger partial charge >= 0.3 is 5.97 Å². The molecule has 1 N–H and O–H groups in total. The predicted molar refractivity (Wildman–Crippen MR) is 86.7 cm³/mol. The molecule has 0 radical (unpaired) electrons. The lowest BCUT2D eigenvalue weighted by Gasteiger charge is -2.05. The Balaban J connectivity index is 1.55. The van der Waals surface area contributed by atoms with E-state index in [1.165, 1.54) is 22.7 Å². The van der Waals surface area contributed by atoms with Crippen molar-refractivity contribution in [2.75, 3.05) is 6.61 Å². The summed E-state index contributed by atoms with van der Waals surface area (Å²) in [6.45, 7) is -0.517. The van der Waals surface area contributed by atoms with Gasteiger partial charge in [0.1, 0.15) is 0 Å². The van der Waals surface area contributed by atoms with Crippen LogP contribution in [0.3, 0.4) is 0 Å². The number of hydrogen-bond acceptors (Lipinski definition) is 7. The smallest absolute Gasteiger partial charge is 0.338 e. The molecule has 2 heterocycles. The van der Waals surface area contributed by atoms with Crippen molar-refractivity contribution >= 4 is 50.7 Å². The first kappa shape index (κ1) is 15.3. The summed E-state index contributed by atoms with van der Waals surface area (Å²) in [5.74, 6) is -1.80. The summed E-state index contributed by atoms with van der Waals surface area (Å²) < 4.78 is 5.78. The number of ether oxygens (including phenoxy) is 1. The first-order valence-electron chi connectivity index (χ1n) is 6.51. The van der Waals surface area contributed by atoms with E-state index in [1.807, 2.05) is 0 Å². The number of nitrogens with zero attached hydrogens (tertiary/aromatic N) is 1. The molecule has 3 rings (SSSR count). The molecule has 1 aromatic carbocycles. The molecule has 0 aliphatic heterocycles. The maximum Gasteiger partial charge on any atom is 0.338 e. The zero-order chi connectivity index (χ0) is 16.2. The third-order valence-corrected chi connectivity index (χ3v) is 4.56. The van der Waals surface area contributed by atoms with Crippen molar-refractivity contribution < 1.29 is 19.1 Å². The fourth-order valence-corrected chi connectivity index (χ4v) is 3.16. The van der Waals surface area contributed by atoms with Crippen molar-refractivity contribution in [1.29, 1.82) is 0 Å². The molecule has 0 bridgehead atoms. The summed E-state index contributed by atoms with van der Waals surface area (Å²) in [5.41, 5.74) is 2.81. The molecule has 0 saturated carbocycles. The number of fused-ring (bicyclic) bond motifs is 1. The van der Waals surface area contributed by atoms with Crippen molar-refractivity contribution in [1.82, 2.24) is 10.3 Å². The minimum absolute atomic E-state index is 0.333. The van der Waals surface area contributed by atoms with Crippen LogP contribution in [0.1, 0.15) is 20.0 Å². The molecule has 0 spiro atoms. The molecule has 116 valence electrons. The molecule has 0 aliphatic rings. The third-order valence-electron chi connectivity index (χ3n) is 2.90. The topological polar surface area (TPSA) is 85.4 Å². The average Bonchev–Trinajstić information content (AvgIpc) is 3.22. The van der Waals surface area contributed by atoms with Crippen LogP contribution < -0.4 is 5.32 Å². The van der Waals surface area contributed by atoms with Gasteiger partial charge in [0.2, 0.25) is 0 Å². The number of benzene rings is 1. The van der Waals surface area contributed by atoms with Crippen LogP contribution in [0.25, 0.3) is 10.2 Å². The Labute approximate surface area is 138 Å². The number of nitrogens with one attached hydrogen (secondary N) is 1. The average molecular weight is 346 g/mol. The lowest BCUT2D eigenvalue weighted by molar-refractivity contribution is -0.123. The van der Waals surface area contributed by atoms with Gasteiger partial charge in [-0.1, -0.05) is 6.07 Å². The first-order chi connectivity index (χ1) is 11.1. The van der Waals surface area contributed by atoms with Gasteiger partial charge in [0, 0.05) is 0 Å². The molecular formula is C15H10N2O4S2. The number of thiazole rings is 1. The Bertz CT molecular complexity index is 871. The van der Waals surface area contributed by atoms with Gasteiger partial charge in [-0.25, -0.2) is 9.78 Å². The predicted octanol–water partition coefficient (Wildman–Crippen LogP) is 2.47. The maximum absolute atomic E-state index is 11.9. The van der Waals surface area contributed by atoms with E-state index in [9.17, 15) is 14.4 Å². The molecule has 6 nitrogen and oxygen atoms in total. The molecule has 23 heavy (non-hydrogen) atoms. The number of carbonyl (C=O) groups excluding carboxylic acids is 3. The SMILES string of the molecule is O=C(COC(=O)c1ccc2ncsc2c1)NC(=O)c1cccs1. The zero-order valence-electron chi connectivity index (χ0n) is 11.6. The summed E-state index contributed by atoms with van der Waals surface area (Å²) in [7, 11) is 0. The number of carbonyl (C=O) groups is 3. The van der Waals surface area contributed by atoms with E-state index in [2.05, 4.69) is 10.3 Å². The summed E-state index contributed by atoms with van der Waals surface area (Å²) in [4.78, 5) is 39.8. The Morgan fingerprint density at radius 3 is 2.83 bits per heavy atom. The quantitative estimate of drug-likeness (QED) is 0.734. The summed E-state index contributed by atoms with van der Waals surface area (Å²) in [5, 5.41) is 3.89. The van der Waals surface area contributed by atoms with E-state index >= 15 is 0 Å². The van der Waals surface area contributed by atoms with E-state index in [-0.39, 0.29) is 0 Å². The van der Waals surface area contributed by atoms with E-state index < -0.39 is 24.4 Å². The van der Waals surface area contributed by atoms with Crippen molar-refractivity contribution in [3.05, 3.63) is 51.7 Å². The second-order valence-electron chi connectivity index (χ2n) is 4.47. The fraction of sp³-hybridized carbons (Fsp3) is 0.0667. The number of thiophene rings is 1. The van der Waals surface area contributed by atoms with E-state index in [1.54, 1.807) is 41.2 Å². The maximum atomic E-state index is 11.9. The second kappa shape index (κ2) is 6.67. The van der Waals surface area contributed by atoms with Crippen molar-refractivity contribution in [2.45, 2.75) is 0 Å². The standard InChI is InChI=1S/C15H10N2O4S2/c18-13(17-14(19)11-2-1-5-22-11)7-21-15(20)9-3-4-10-12(6-9)23-8-16-10/h1-6,8H,7H2,(H,17,18,19).